The van der Waals surface area contributed by atoms with E-state index in [1.54, 1.807) is 6.07 Å². The van der Waals surface area contributed by atoms with Gasteiger partial charge in [-0.1, -0.05) is 13.3 Å². The molecule has 1 aromatic heterocycles. The highest BCUT2D eigenvalue weighted by Gasteiger charge is 2.11. The summed E-state index contributed by atoms with van der Waals surface area (Å²) < 4.78 is 6.46. The standard InChI is InChI=1S/C12H10ClIO2/c1-2-3-8-11(15)9-6-7(14)4-5-10(9)16-12(8)13/h4-6H,2-3H2,1H3. The zero-order valence-corrected chi connectivity index (χ0v) is 11.6. The third kappa shape index (κ3) is 2.11. The van der Waals surface area contributed by atoms with Crippen molar-refractivity contribution >= 4 is 45.2 Å². The molecule has 0 saturated carbocycles. The SMILES string of the molecule is CCCc1c(Cl)oc2ccc(I)cc2c1=O. The lowest BCUT2D eigenvalue weighted by atomic mass is 10.1. The van der Waals surface area contributed by atoms with E-state index in [0.717, 1.165) is 9.99 Å². The van der Waals surface area contributed by atoms with Gasteiger partial charge in [-0.3, -0.25) is 4.79 Å². The summed E-state index contributed by atoms with van der Waals surface area (Å²) in [6, 6.07) is 5.50. The Labute approximate surface area is 112 Å². The predicted octanol–water partition coefficient (Wildman–Crippen LogP) is 4.00. The van der Waals surface area contributed by atoms with Gasteiger partial charge in [-0.15, -0.1) is 0 Å². The van der Waals surface area contributed by atoms with Gasteiger partial charge in [-0.05, 0) is 58.8 Å². The third-order valence-electron chi connectivity index (χ3n) is 2.40. The van der Waals surface area contributed by atoms with Crippen LogP contribution in [0.15, 0.2) is 27.4 Å². The first-order chi connectivity index (χ1) is 7.63. The van der Waals surface area contributed by atoms with Crippen molar-refractivity contribution in [3.8, 4) is 0 Å². The minimum absolute atomic E-state index is 0.00776. The summed E-state index contributed by atoms with van der Waals surface area (Å²) >= 11 is 8.13. The molecular weight excluding hydrogens is 338 g/mol. The van der Waals surface area contributed by atoms with Crippen molar-refractivity contribution < 1.29 is 4.42 Å². The molecule has 2 aromatic rings. The molecule has 0 unspecified atom stereocenters. The zero-order chi connectivity index (χ0) is 11.7. The van der Waals surface area contributed by atoms with Crippen molar-refractivity contribution in [1.29, 1.82) is 0 Å². The third-order valence-corrected chi connectivity index (χ3v) is 3.37. The summed E-state index contributed by atoms with van der Waals surface area (Å²) in [5.74, 6) is 0. The van der Waals surface area contributed by atoms with Gasteiger partial charge in [0.2, 0.25) is 5.22 Å². The topological polar surface area (TPSA) is 30.2 Å². The highest BCUT2D eigenvalue weighted by molar-refractivity contribution is 14.1. The van der Waals surface area contributed by atoms with Crippen LogP contribution in [0.2, 0.25) is 5.22 Å². The molecule has 2 nitrogen and oxygen atoms in total. The Morgan fingerprint density at radius 1 is 1.44 bits per heavy atom. The van der Waals surface area contributed by atoms with Crippen molar-refractivity contribution in [2.75, 3.05) is 0 Å². The first kappa shape index (κ1) is 11.9. The summed E-state index contributed by atoms with van der Waals surface area (Å²) in [6.07, 6.45) is 1.53. The van der Waals surface area contributed by atoms with Crippen LogP contribution >= 0.6 is 34.2 Å². The predicted molar refractivity (Wildman–Crippen MR) is 74.2 cm³/mol. The molecule has 2 rings (SSSR count). The van der Waals surface area contributed by atoms with E-state index >= 15 is 0 Å². The van der Waals surface area contributed by atoms with E-state index in [4.69, 9.17) is 16.0 Å². The maximum Gasteiger partial charge on any atom is 0.200 e. The van der Waals surface area contributed by atoms with Gasteiger partial charge in [-0.2, -0.15) is 0 Å². The highest BCUT2D eigenvalue weighted by Crippen LogP contribution is 2.22. The van der Waals surface area contributed by atoms with E-state index in [1.807, 2.05) is 19.1 Å². The Hall–Kier alpha value is -0.550. The van der Waals surface area contributed by atoms with Crippen LogP contribution in [0.1, 0.15) is 18.9 Å². The van der Waals surface area contributed by atoms with Gasteiger partial charge in [0.25, 0.3) is 0 Å². The van der Waals surface area contributed by atoms with Crippen molar-refractivity contribution in [2.24, 2.45) is 0 Å². The van der Waals surface area contributed by atoms with Crippen molar-refractivity contribution in [1.82, 2.24) is 0 Å². The quantitative estimate of drug-likeness (QED) is 0.768. The smallest absolute Gasteiger partial charge is 0.200 e. The second-order valence-electron chi connectivity index (χ2n) is 3.57. The summed E-state index contributed by atoms with van der Waals surface area (Å²) in [4.78, 5) is 12.1. The van der Waals surface area contributed by atoms with Crippen molar-refractivity contribution in [3.63, 3.8) is 0 Å². The Morgan fingerprint density at radius 2 is 2.19 bits per heavy atom. The fourth-order valence-corrected chi connectivity index (χ4v) is 2.40. The Balaban J connectivity index is 2.80. The monoisotopic (exact) mass is 348 g/mol. The molecule has 0 bridgehead atoms. The summed E-state index contributed by atoms with van der Waals surface area (Å²) in [6.45, 7) is 2.01. The Kier molecular flexibility index (Phi) is 3.54. The molecule has 0 aliphatic heterocycles. The number of rotatable bonds is 2. The van der Waals surface area contributed by atoms with Crippen LogP contribution in [0.25, 0.3) is 11.0 Å². The summed E-state index contributed by atoms with van der Waals surface area (Å²) in [7, 11) is 0. The zero-order valence-electron chi connectivity index (χ0n) is 8.72. The summed E-state index contributed by atoms with van der Waals surface area (Å²) in [5.41, 5.74) is 1.13. The second kappa shape index (κ2) is 4.75. The molecule has 0 amide bonds. The molecule has 0 N–H and O–H groups in total. The molecule has 0 atom stereocenters. The Morgan fingerprint density at radius 3 is 2.88 bits per heavy atom. The molecule has 0 saturated heterocycles. The van der Waals surface area contributed by atoms with Crippen molar-refractivity contribution in [3.05, 3.63) is 42.8 Å². The number of fused-ring (bicyclic) bond motifs is 1. The first-order valence-electron chi connectivity index (χ1n) is 5.04. The largest absolute Gasteiger partial charge is 0.444 e. The molecular formula is C12H10ClIO2. The molecule has 84 valence electrons. The lowest BCUT2D eigenvalue weighted by Gasteiger charge is -2.04. The average molecular weight is 349 g/mol. The molecule has 4 heteroatoms. The maximum atomic E-state index is 12.1. The maximum absolute atomic E-state index is 12.1. The normalized spacial score (nSPS) is 10.9. The van der Waals surface area contributed by atoms with Crippen LogP contribution in [-0.4, -0.2) is 0 Å². The minimum Gasteiger partial charge on any atom is -0.444 e. The number of halogens is 2. The molecule has 0 fully saturated rings. The van der Waals surface area contributed by atoms with Crippen LogP contribution in [0, 0.1) is 3.57 Å². The molecule has 0 aliphatic rings. The van der Waals surface area contributed by atoms with Gasteiger partial charge in [0.1, 0.15) is 5.58 Å². The molecule has 16 heavy (non-hydrogen) atoms. The van der Waals surface area contributed by atoms with Crippen LogP contribution in [0.5, 0.6) is 0 Å². The van der Waals surface area contributed by atoms with E-state index in [9.17, 15) is 4.79 Å². The second-order valence-corrected chi connectivity index (χ2v) is 5.16. The lowest BCUT2D eigenvalue weighted by Crippen LogP contribution is -2.09. The average Bonchev–Trinajstić information content (AvgIpc) is 2.26. The van der Waals surface area contributed by atoms with Gasteiger partial charge in [0, 0.05) is 3.57 Å². The van der Waals surface area contributed by atoms with E-state index in [-0.39, 0.29) is 10.6 Å². The molecule has 0 radical (unpaired) electrons. The summed E-state index contributed by atoms with van der Waals surface area (Å²) in [5, 5.41) is 0.834. The van der Waals surface area contributed by atoms with E-state index in [1.165, 1.54) is 0 Å². The van der Waals surface area contributed by atoms with Crippen LogP contribution in [-0.2, 0) is 6.42 Å². The minimum atomic E-state index is -0.00776. The Bertz CT molecular complexity index is 589. The van der Waals surface area contributed by atoms with Gasteiger partial charge in [-0.25, -0.2) is 0 Å². The number of hydrogen-bond donors (Lipinski definition) is 0. The fourth-order valence-electron chi connectivity index (χ4n) is 1.64. The fraction of sp³-hybridized carbons (Fsp3) is 0.250. The lowest BCUT2D eigenvalue weighted by molar-refractivity contribution is 0.593. The molecule has 1 heterocycles. The van der Waals surface area contributed by atoms with Crippen LogP contribution < -0.4 is 5.43 Å². The van der Waals surface area contributed by atoms with Crippen molar-refractivity contribution in [2.45, 2.75) is 19.8 Å². The van der Waals surface area contributed by atoms with E-state index in [2.05, 4.69) is 22.6 Å². The van der Waals surface area contributed by atoms with E-state index in [0.29, 0.717) is 23.0 Å². The van der Waals surface area contributed by atoms with E-state index < -0.39 is 0 Å². The van der Waals surface area contributed by atoms with Gasteiger partial charge < -0.3 is 4.42 Å². The van der Waals surface area contributed by atoms with Gasteiger partial charge >= 0.3 is 0 Å². The van der Waals surface area contributed by atoms with Gasteiger partial charge in [0.05, 0.1) is 10.9 Å². The van der Waals surface area contributed by atoms with Crippen LogP contribution in [0.4, 0.5) is 0 Å². The number of benzene rings is 1. The number of hydrogen-bond acceptors (Lipinski definition) is 2. The molecule has 0 spiro atoms. The highest BCUT2D eigenvalue weighted by atomic mass is 127. The first-order valence-corrected chi connectivity index (χ1v) is 6.50. The van der Waals surface area contributed by atoms with Gasteiger partial charge in [0.15, 0.2) is 5.43 Å². The molecule has 0 aliphatic carbocycles. The van der Waals surface area contributed by atoms with Crippen LogP contribution in [0.3, 0.4) is 0 Å². The molecule has 1 aromatic carbocycles.